The highest BCUT2D eigenvalue weighted by Crippen LogP contribution is 2.09. The molecule has 0 aliphatic carbocycles. The number of aromatic nitrogens is 5. The molecular weight excluding hydrogens is 322 g/mol. The van der Waals surface area contributed by atoms with Crippen LogP contribution in [0.25, 0.3) is 16.7 Å². The molecule has 24 heavy (non-hydrogen) atoms. The smallest absolute Gasteiger partial charge is 0.262 e. The molecule has 0 saturated heterocycles. The normalized spacial score (nSPS) is 11.0. The number of H-pyrrole nitrogens is 1. The molecule has 3 heterocycles. The van der Waals surface area contributed by atoms with Gasteiger partial charge >= 0.3 is 0 Å². The maximum absolute atomic E-state index is 12.6. The van der Waals surface area contributed by atoms with Crippen LogP contribution in [-0.4, -0.2) is 24.3 Å². The lowest BCUT2D eigenvalue weighted by Crippen LogP contribution is -2.22. The lowest BCUT2D eigenvalue weighted by atomic mass is 10.2. The molecule has 0 amide bonds. The van der Waals surface area contributed by atoms with Crippen molar-refractivity contribution in [3.8, 4) is 5.82 Å². The Morgan fingerprint density at radius 3 is 2.75 bits per heavy atom. The average Bonchev–Trinajstić information content (AvgIpc) is 3.14. The fourth-order valence-electron chi connectivity index (χ4n) is 2.58. The summed E-state index contributed by atoms with van der Waals surface area (Å²) in [6.45, 7) is 0.366. The van der Waals surface area contributed by atoms with E-state index in [9.17, 15) is 4.79 Å². The van der Waals surface area contributed by atoms with Crippen LogP contribution in [0, 0.1) is 4.77 Å². The van der Waals surface area contributed by atoms with Gasteiger partial charge in [-0.1, -0.05) is 18.2 Å². The van der Waals surface area contributed by atoms with Crippen LogP contribution >= 0.6 is 12.2 Å². The molecule has 4 rings (SSSR count). The Hall–Kier alpha value is -3.06. The van der Waals surface area contributed by atoms with Gasteiger partial charge in [-0.05, 0) is 42.0 Å². The molecule has 1 aromatic carbocycles. The molecule has 0 fully saturated rings. The zero-order valence-corrected chi connectivity index (χ0v) is 13.4. The molecule has 0 bridgehead atoms. The van der Waals surface area contributed by atoms with Gasteiger partial charge in [0.1, 0.15) is 0 Å². The zero-order valence-electron chi connectivity index (χ0n) is 12.6. The lowest BCUT2D eigenvalue weighted by molar-refractivity contribution is 0.729. The van der Waals surface area contributed by atoms with Crippen molar-refractivity contribution in [1.82, 2.24) is 24.3 Å². The Morgan fingerprint density at radius 1 is 1.12 bits per heavy atom. The molecule has 0 atom stereocenters. The van der Waals surface area contributed by atoms with Crippen molar-refractivity contribution >= 4 is 23.1 Å². The topological polar surface area (TPSA) is 68.5 Å². The van der Waals surface area contributed by atoms with E-state index in [4.69, 9.17) is 12.2 Å². The van der Waals surface area contributed by atoms with E-state index in [1.54, 1.807) is 27.7 Å². The number of nitrogens with one attached hydrogen (secondary N) is 1. The number of aromatic amines is 1. The summed E-state index contributed by atoms with van der Waals surface area (Å²) in [5.74, 6) is 0.722. The molecule has 7 heteroatoms. The predicted molar refractivity (Wildman–Crippen MR) is 93.9 cm³/mol. The minimum absolute atomic E-state index is 0.106. The van der Waals surface area contributed by atoms with Crippen LogP contribution in [0.2, 0.25) is 0 Å². The summed E-state index contributed by atoms with van der Waals surface area (Å²) in [4.78, 5) is 20.1. The largest absolute Gasteiger partial charge is 0.332 e. The second-order valence-corrected chi connectivity index (χ2v) is 5.73. The van der Waals surface area contributed by atoms with Gasteiger partial charge in [0.05, 0.1) is 17.4 Å². The van der Waals surface area contributed by atoms with Gasteiger partial charge in [-0.15, -0.1) is 0 Å². The van der Waals surface area contributed by atoms with Crippen molar-refractivity contribution < 1.29 is 0 Å². The van der Waals surface area contributed by atoms with E-state index in [2.05, 4.69) is 15.1 Å². The molecule has 0 saturated carbocycles. The lowest BCUT2D eigenvalue weighted by Gasteiger charge is -2.08. The molecule has 3 aromatic heterocycles. The van der Waals surface area contributed by atoms with Crippen LogP contribution in [0.5, 0.6) is 0 Å². The van der Waals surface area contributed by atoms with Gasteiger partial charge in [-0.2, -0.15) is 5.10 Å². The summed E-state index contributed by atoms with van der Waals surface area (Å²) >= 11 is 5.33. The molecule has 1 N–H and O–H groups in total. The predicted octanol–water partition coefficient (Wildman–Crippen LogP) is 2.69. The Balaban J connectivity index is 1.72. The summed E-state index contributed by atoms with van der Waals surface area (Å²) in [5.41, 5.74) is 1.53. The number of hydrogen-bond donors (Lipinski definition) is 1. The summed E-state index contributed by atoms with van der Waals surface area (Å²) < 4.78 is 3.62. The number of pyridine rings is 1. The molecule has 4 aromatic rings. The number of rotatable bonds is 3. The maximum Gasteiger partial charge on any atom is 0.262 e. The van der Waals surface area contributed by atoms with Crippen LogP contribution in [0.1, 0.15) is 5.56 Å². The quantitative estimate of drug-likeness (QED) is 0.585. The summed E-state index contributed by atoms with van der Waals surface area (Å²) in [6, 6.07) is 13.0. The van der Waals surface area contributed by atoms with E-state index in [1.807, 2.05) is 42.6 Å². The number of nitrogens with zero attached hydrogens (tertiary/aromatic N) is 4. The third-order valence-corrected chi connectivity index (χ3v) is 4.10. The van der Waals surface area contributed by atoms with Crippen LogP contribution in [0.3, 0.4) is 0 Å². The molecule has 0 unspecified atom stereocenters. The number of hydrogen-bond acceptors (Lipinski definition) is 4. The van der Waals surface area contributed by atoms with Gasteiger partial charge in [-0.3, -0.25) is 9.36 Å². The second kappa shape index (κ2) is 5.86. The molecule has 6 nitrogen and oxygen atoms in total. The Bertz CT molecular complexity index is 1110. The van der Waals surface area contributed by atoms with Crippen molar-refractivity contribution in [2.75, 3.05) is 0 Å². The van der Waals surface area contributed by atoms with Crippen molar-refractivity contribution in [3.05, 3.63) is 81.7 Å². The number of fused-ring (bicyclic) bond motifs is 1. The van der Waals surface area contributed by atoms with Crippen molar-refractivity contribution in [3.63, 3.8) is 0 Å². The first-order valence-electron chi connectivity index (χ1n) is 7.39. The summed E-state index contributed by atoms with van der Waals surface area (Å²) in [6.07, 6.45) is 5.25. The second-order valence-electron chi connectivity index (χ2n) is 5.34. The van der Waals surface area contributed by atoms with E-state index >= 15 is 0 Å². The minimum Gasteiger partial charge on any atom is -0.332 e. The number of para-hydroxylation sites is 1. The van der Waals surface area contributed by atoms with Gasteiger partial charge in [0, 0.05) is 18.6 Å². The zero-order chi connectivity index (χ0) is 16.5. The Labute approximate surface area is 142 Å². The first-order chi connectivity index (χ1) is 11.7. The van der Waals surface area contributed by atoms with E-state index in [-0.39, 0.29) is 5.56 Å². The SMILES string of the molecule is O=c1c2ccccc2[nH]c(=S)n1Cc1ccc(-n2cccn2)nc1. The third-order valence-electron chi connectivity index (χ3n) is 3.78. The molecule has 0 radical (unpaired) electrons. The highest BCUT2D eigenvalue weighted by Gasteiger charge is 2.06. The van der Waals surface area contributed by atoms with Crippen LogP contribution in [0.15, 0.2) is 65.8 Å². The van der Waals surface area contributed by atoms with Crippen molar-refractivity contribution in [2.24, 2.45) is 0 Å². The van der Waals surface area contributed by atoms with Crippen molar-refractivity contribution in [2.45, 2.75) is 6.54 Å². The molecule has 0 aliphatic heterocycles. The highest BCUT2D eigenvalue weighted by molar-refractivity contribution is 7.71. The van der Waals surface area contributed by atoms with E-state index in [1.165, 1.54) is 0 Å². The molecular formula is C17H13N5OS. The van der Waals surface area contributed by atoms with Crippen LogP contribution < -0.4 is 5.56 Å². The van der Waals surface area contributed by atoms with E-state index < -0.39 is 0 Å². The molecule has 0 aliphatic rings. The van der Waals surface area contributed by atoms with Gasteiger partial charge in [0.15, 0.2) is 10.6 Å². The third kappa shape index (κ3) is 2.55. The van der Waals surface area contributed by atoms with Crippen LogP contribution in [0.4, 0.5) is 0 Å². The monoisotopic (exact) mass is 335 g/mol. The minimum atomic E-state index is -0.106. The van der Waals surface area contributed by atoms with Gasteiger partial charge in [0.2, 0.25) is 0 Å². The average molecular weight is 335 g/mol. The fraction of sp³-hybridized carbons (Fsp3) is 0.0588. The standard InChI is InChI=1S/C17H13N5OS/c23-16-13-4-1-2-5-14(13)20-17(24)21(16)11-12-6-7-15(18-10-12)22-9-3-8-19-22/h1-10H,11H2,(H,20,24). The van der Waals surface area contributed by atoms with E-state index in [0.29, 0.717) is 16.7 Å². The summed E-state index contributed by atoms with van der Waals surface area (Å²) in [5, 5.41) is 4.76. The number of benzene rings is 1. The van der Waals surface area contributed by atoms with Gasteiger partial charge in [0.25, 0.3) is 5.56 Å². The van der Waals surface area contributed by atoms with Gasteiger partial charge < -0.3 is 4.98 Å². The van der Waals surface area contributed by atoms with Crippen LogP contribution in [-0.2, 0) is 6.54 Å². The molecule has 0 spiro atoms. The maximum atomic E-state index is 12.6. The molecule has 118 valence electrons. The Kier molecular flexibility index (Phi) is 3.55. The fourth-order valence-corrected chi connectivity index (χ4v) is 2.83. The van der Waals surface area contributed by atoms with Gasteiger partial charge in [-0.25, -0.2) is 9.67 Å². The first kappa shape index (κ1) is 14.5. The first-order valence-corrected chi connectivity index (χ1v) is 7.80. The Morgan fingerprint density at radius 2 is 2.00 bits per heavy atom. The highest BCUT2D eigenvalue weighted by atomic mass is 32.1. The van der Waals surface area contributed by atoms with E-state index in [0.717, 1.165) is 16.9 Å². The van der Waals surface area contributed by atoms with Crippen molar-refractivity contribution in [1.29, 1.82) is 0 Å². The summed E-state index contributed by atoms with van der Waals surface area (Å²) in [7, 11) is 0.